The number of nitrogens with zero attached hydrogens (tertiary/aromatic N) is 3. The number of carbonyl (C=O) groups excluding carboxylic acids is 1. The number of aryl methyl sites for hydroxylation is 2. The summed E-state index contributed by atoms with van der Waals surface area (Å²) in [4.78, 5) is 24.9. The van der Waals surface area contributed by atoms with Gasteiger partial charge in [0, 0.05) is 5.56 Å². The van der Waals surface area contributed by atoms with Gasteiger partial charge >= 0.3 is 0 Å². The van der Waals surface area contributed by atoms with Gasteiger partial charge in [0.25, 0.3) is 5.91 Å². The van der Waals surface area contributed by atoms with Crippen LogP contribution in [0.15, 0.2) is 108 Å². The summed E-state index contributed by atoms with van der Waals surface area (Å²) < 4.78 is 6.94. The number of amides is 1. The molecule has 2 heterocycles. The third kappa shape index (κ3) is 4.55. The SMILES string of the molecule is Cc1cc2nc(N3C(=O)C(=Cc4ccc(Oc5ccccc5)cc4)N=C3c3ccccc3)sc2cc1C. The first-order valence-electron chi connectivity index (χ1n) is 12.0. The van der Waals surface area contributed by atoms with Gasteiger partial charge in [-0.1, -0.05) is 72.0 Å². The molecule has 4 aromatic carbocycles. The van der Waals surface area contributed by atoms with Crippen LogP contribution in [-0.4, -0.2) is 16.7 Å². The molecular weight excluding hydrogens is 478 g/mol. The Morgan fingerprint density at radius 3 is 2.19 bits per heavy atom. The van der Waals surface area contributed by atoms with Crippen molar-refractivity contribution in [3.63, 3.8) is 0 Å². The van der Waals surface area contributed by atoms with Crippen molar-refractivity contribution in [1.82, 2.24) is 4.98 Å². The lowest BCUT2D eigenvalue weighted by atomic mass is 10.1. The van der Waals surface area contributed by atoms with Gasteiger partial charge in [0.1, 0.15) is 23.0 Å². The lowest BCUT2D eigenvalue weighted by Gasteiger charge is -2.14. The van der Waals surface area contributed by atoms with Gasteiger partial charge < -0.3 is 4.74 Å². The topological polar surface area (TPSA) is 54.8 Å². The molecule has 0 aliphatic carbocycles. The van der Waals surface area contributed by atoms with Crippen LogP contribution in [0.4, 0.5) is 5.13 Å². The molecule has 0 radical (unpaired) electrons. The number of hydrogen-bond acceptors (Lipinski definition) is 5. The minimum Gasteiger partial charge on any atom is -0.457 e. The second-order valence-corrected chi connectivity index (χ2v) is 9.87. The van der Waals surface area contributed by atoms with Gasteiger partial charge in [-0.25, -0.2) is 14.9 Å². The number of para-hydroxylation sites is 1. The van der Waals surface area contributed by atoms with E-state index in [1.165, 1.54) is 22.5 Å². The lowest BCUT2D eigenvalue weighted by Crippen LogP contribution is -2.32. The van der Waals surface area contributed by atoms with Gasteiger partial charge in [0.2, 0.25) is 0 Å². The van der Waals surface area contributed by atoms with Crippen LogP contribution in [0, 0.1) is 13.8 Å². The van der Waals surface area contributed by atoms with Crippen molar-refractivity contribution in [2.75, 3.05) is 4.90 Å². The molecule has 1 aliphatic rings. The smallest absolute Gasteiger partial charge is 0.284 e. The van der Waals surface area contributed by atoms with E-state index in [0.29, 0.717) is 16.7 Å². The molecule has 0 saturated carbocycles. The van der Waals surface area contributed by atoms with E-state index in [1.54, 1.807) is 11.0 Å². The fourth-order valence-electron chi connectivity index (χ4n) is 4.15. The lowest BCUT2D eigenvalue weighted by molar-refractivity contribution is -0.113. The predicted octanol–water partition coefficient (Wildman–Crippen LogP) is 7.54. The maximum atomic E-state index is 13.7. The number of benzene rings is 4. The summed E-state index contributed by atoms with van der Waals surface area (Å²) in [6.45, 7) is 4.16. The van der Waals surface area contributed by atoms with E-state index in [-0.39, 0.29) is 5.91 Å². The predicted molar refractivity (Wildman–Crippen MR) is 150 cm³/mol. The third-order valence-corrected chi connectivity index (χ3v) is 7.24. The van der Waals surface area contributed by atoms with Crippen LogP contribution in [0.25, 0.3) is 16.3 Å². The van der Waals surface area contributed by atoms with Gasteiger partial charge in [0.15, 0.2) is 5.13 Å². The molecule has 1 amide bonds. The van der Waals surface area contributed by atoms with Crippen LogP contribution in [0.5, 0.6) is 11.5 Å². The second kappa shape index (κ2) is 9.48. The average Bonchev–Trinajstić information content (AvgIpc) is 3.46. The standard InChI is InChI=1S/C31H23N3O2S/c1-20-17-26-28(18-21(20)2)37-31(33-26)34-29(23-9-5-3-6-10-23)32-27(30(34)35)19-22-13-15-25(16-14-22)36-24-11-7-4-8-12-24/h3-19H,1-2H3. The van der Waals surface area contributed by atoms with Gasteiger partial charge in [-0.15, -0.1) is 0 Å². The average molecular weight is 502 g/mol. The largest absolute Gasteiger partial charge is 0.457 e. The maximum Gasteiger partial charge on any atom is 0.284 e. The number of aromatic nitrogens is 1. The Morgan fingerprint density at radius 1 is 0.811 bits per heavy atom. The van der Waals surface area contributed by atoms with Crippen LogP contribution in [0.2, 0.25) is 0 Å². The first-order chi connectivity index (χ1) is 18.0. The summed E-state index contributed by atoms with van der Waals surface area (Å²) in [5, 5.41) is 0.614. The summed E-state index contributed by atoms with van der Waals surface area (Å²) in [5.41, 5.74) is 5.34. The van der Waals surface area contributed by atoms with Crippen LogP contribution < -0.4 is 9.64 Å². The van der Waals surface area contributed by atoms with E-state index in [4.69, 9.17) is 14.7 Å². The van der Waals surface area contributed by atoms with E-state index in [0.717, 1.165) is 32.8 Å². The van der Waals surface area contributed by atoms with Crippen molar-refractivity contribution < 1.29 is 9.53 Å². The van der Waals surface area contributed by atoms with Crippen molar-refractivity contribution in [2.24, 2.45) is 4.99 Å². The first kappa shape index (κ1) is 22.9. The molecule has 180 valence electrons. The van der Waals surface area contributed by atoms with Crippen molar-refractivity contribution >= 4 is 44.5 Å². The van der Waals surface area contributed by atoms with Crippen molar-refractivity contribution in [1.29, 1.82) is 0 Å². The number of ether oxygens (including phenoxy) is 1. The van der Waals surface area contributed by atoms with E-state index in [1.807, 2.05) is 84.9 Å². The highest BCUT2D eigenvalue weighted by molar-refractivity contribution is 7.22. The molecule has 6 rings (SSSR count). The molecule has 0 bridgehead atoms. The molecule has 0 fully saturated rings. The number of hydrogen-bond donors (Lipinski definition) is 0. The summed E-state index contributed by atoms with van der Waals surface area (Å²) in [6.07, 6.45) is 1.80. The monoisotopic (exact) mass is 501 g/mol. The van der Waals surface area contributed by atoms with Crippen molar-refractivity contribution in [3.8, 4) is 11.5 Å². The molecule has 5 nitrogen and oxygen atoms in total. The number of amidine groups is 1. The van der Waals surface area contributed by atoms with Gasteiger partial charge in [-0.05, 0) is 73.0 Å². The van der Waals surface area contributed by atoms with Gasteiger partial charge in [-0.2, -0.15) is 0 Å². The molecule has 1 aliphatic heterocycles. The summed E-state index contributed by atoms with van der Waals surface area (Å²) >= 11 is 1.50. The Balaban J connectivity index is 1.36. The second-order valence-electron chi connectivity index (χ2n) is 8.86. The zero-order valence-electron chi connectivity index (χ0n) is 20.4. The number of thiazole rings is 1. The maximum absolute atomic E-state index is 13.7. The van der Waals surface area contributed by atoms with Crippen LogP contribution >= 0.6 is 11.3 Å². The van der Waals surface area contributed by atoms with E-state index in [2.05, 4.69) is 26.0 Å². The molecule has 37 heavy (non-hydrogen) atoms. The summed E-state index contributed by atoms with van der Waals surface area (Å²) in [5.74, 6) is 1.87. The van der Waals surface area contributed by atoms with Gasteiger partial charge in [0.05, 0.1) is 10.2 Å². The number of rotatable bonds is 5. The Kier molecular flexibility index (Phi) is 5.87. The van der Waals surface area contributed by atoms with E-state index in [9.17, 15) is 4.79 Å². The minimum atomic E-state index is -0.198. The molecule has 5 aromatic rings. The highest BCUT2D eigenvalue weighted by Crippen LogP contribution is 2.35. The third-order valence-electron chi connectivity index (χ3n) is 6.24. The first-order valence-corrected chi connectivity index (χ1v) is 12.8. The Hall–Kier alpha value is -4.55. The van der Waals surface area contributed by atoms with E-state index >= 15 is 0 Å². The fourth-order valence-corrected chi connectivity index (χ4v) is 5.20. The Bertz CT molecular complexity index is 1630. The van der Waals surface area contributed by atoms with Crippen molar-refractivity contribution in [2.45, 2.75) is 13.8 Å². The quantitative estimate of drug-likeness (QED) is 0.234. The highest BCUT2D eigenvalue weighted by atomic mass is 32.1. The Morgan fingerprint density at radius 2 is 1.46 bits per heavy atom. The molecular formula is C31H23N3O2S. The highest BCUT2D eigenvalue weighted by Gasteiger charge is 2.34. The molecule has 0 atom stereocenters. The van der Waals surface area contributed by atoms with E-state index < -0.39 is 0 Å². The summed E-state index contributed by atoms with van der Waals surface area (Å²) in [7, 11) is 0. The van der Waals surface area contributed by atoms with Crippen molar-refractivity contribution in [3.05, 3.63) is 125 Å². The van der Waals surface area contributed by atoms with Crippen LogP contribution in [0.1, 0.15) is 22.3 Å². The fraction of sp³-hybridized carbons (Fsp3) is 0.0645. The number of fused-ring (bicyclic) bond motifs is 1. The molecule has 0 N–H and O–H groups in total. The molecule has 0 unspecified atom stereocenters. The summed E-state index contributed by atoms with van der Waals surface area (Å²) in [6, 6.07) is 31.2. The zero-order valence-corrected chi connectivity index (χ0v) is 21.2. The molecule has 1 aromatic heterocycles. The van der Waals surface area contributed by atoms with Crippen LogP contribution in [0.3, 0.4) is 0 Å². The Labute approximate surface area is 219 Å². The molecule has 0 saturated heterocycles. The normalized spacial score (nSPS) is 14.4. The minimum absolute atomic E-state index is 0.198. The van der Waals surface area contributed by atoms with Crippen LogP contribution in [-0.2, 0) is 4.79 Å². The molecule has 0 spiro atoms. The van der Waals surface area contributed by atoms with Gasteiger partial charge in [-0.3, -0.25) is 4.79 Å². The zero-order chi connectivity index (χ0) is 25.4. The molecule has 6 heteroatoms. The number of carbonyl (C=O) groups is 1. The number of anilines is 1. The number of aliphatic imine (C=N–C) groups is 1.